The highest BCUT2D eigenvalue weighted by Gasteiger charge is 2.25. The molecule has 2 atom stereocenters. The van der Waals surface area contributed by atoms with Crippen LogP contribution >= 0.6 is 0 Å². The number of piperidine rings is 1. The summed E-state index contributed by atoms with van der Waals surface area (Å²) < 4.78 is 0. The van der Waals surface area contributed by atoms with Crippen molar-refractivity contribution >= 4 is 5.91 Å². The lowest BCUT2D eigenvalue weighted by atomic mass is 9.98. The standard InChI is InChI=1S/C19H31N3O/c1-15-10-12-22(13-11-15)16(2)14-20-19(23)18(21(3)4)17-8-6-5-7-9-17/h5-9,15-16,18H,10-14H2,1-4H3,(H,20,23). The lowest BCUT2D eigenvalue weighted by Crippen LogP contribution is -2.47. The van der Waals surface area contributed by atoms with Crippen LogP contribution in [0.1, 0.15) is 38.3 Å². The maximum absolute atomic E-state index is 12.7. The smallest absolute Gasteiger partial charge is 0.241 e. The Balaban J connectivity index is 1.89. The quantitative estimate of drug-likeness (QED) is 0.876. The number of nitrogens with zero attached hydrogens (tertiary/aromatic N) is 2. The van der Waals surface area contributed by atoms with E-state index in [1.807, 2.05) is 49.3 Å². The first kappa shape index (κ1) is 18.0. The molecule has 0 aliphatic carbocycles. The van der Waals surface area contributed by atoms with Crippen LogP contribution in [0.25, 0.3) is 0 Å². The molecular weight excluding hydrogens is 286 g/mol. The molecule has 128 valence electrons. The first-order valence-electron chi connectivity index (χ1n) is 8.72. The van der Waals surface area contributed by atoms with E-state index < -0.39 is 0 Å². The molecule has 1 aliphatic rings. The second kappa shape index (κ2) is 8.46. The van der Waals surface area contributed by atoms with Crippen molar-refractivity contribution in [2.45, 2.75) is 38.8 Å². The Labute approximate surface area is 140 Å². The van der Waals surface area contributed by atoms with Gasteiger partial charge in [-0.2, -0.15) is 0 Å². The zero-order valence-electron chi connectivity index (χ0n) is 15.0. The van der Waals surface area contributed by atoms with Crippen molar-refractivity contribution in [2.24, 2.45) is 5.92 Å². The van der Waals surface area contributed by atoms with Gasteiger partial charge in [0.2, 0.25) is 5.91 Å². The number of likely N-dealkylation sites (tertiary alicyclic amines) is 1. The van der Waals surface area contributed by atoms with E-state index in [0.29, 0.717) is 12.6 Å². The fraction of sp³-hybridized carbons (Fsp3) is 0.632. The maximum Gasteiger partial charge on any atom is 0.241 e. The summed E-state index contributed by atoms with van der Waals surface area (Å²) in [5.74, 6) is 0.919. The Bertz CT molecular complexity index is 481. The largest absolute Gasteiger partial charge is 0.353 e. The summed E-state index contributed by atoms with van der Waals surface area (Å²) in [6, 6.07) is 10.1. The summed E-state index contributed by atoms with van der Waals surface area (Å²) >= 11 is 0. The van der Waals surface area contributed by atoms with E-state index in [0.717, 1.165) is 24.6 Å². The molecule has 1 heterocycles. The highest BCUT2D eigenvalue weighted by Crippen LogP contribution is 2.19. The van der Waals surface area contributed by atoms with E-state index in [9.17, 15) is 4.79 Å². The van der Waals surface area contributed by atoms with Crippen LogP contribution < -0.4 is 5.32 Å². The number of hydrogen-bond donors (Lipinski definition) is 1. The summed E-state index contributed by atoms with van der Waals surface area (Å²) in [6.45, 7) is 7.54. The number of carbonyl (C=O) groups is 1. The molecule has 1 N–H and O–H groups in total. The summed E-state index contributed by atoms with van der Waals surface area (Å²) in [5.41, 5.74) is 1.04. The number of carbonyl (C=O) groups excluding carboxylic acids is 1. The molecule has 0 saturated carbocycles. The van der Waals surface area contributed by atoms with E-state index in [2.05, 4.69) is 24.1 Å². The van der Waals surface area contributed by atoms with Gasteiger partial charge in [-0.1, -0.05) is 37.3 Å². The lowest BCUT2D eigenvalue weighted by molar-refractivity contribution is -0.126. The number of rotatable bonds is 6. The number of hydrogen-bond acceptors (Lipinski definition) is 3. The van der Waals surface area contributed by atoms with E-state index in [-0.39, 0.29) is 11.9 Å². The van der Waals surface area contributed by atoms with Gasteiger partial charge in [-0.3, -0.25) is 14.6 Å². The normalized spacial score (nSPS) is 19.5. The Morgan fingerprint density at radius 3 is 2.43 bits per heavy atom. The fourth-order valence-electron chi connectivity index (χ4n) is 3.26. The first-order valence-corrected chi connectivity index (χ1v) is 8.72. The molecule has 0 radical (unpaired) electrons. The molecule has 0 spiro atoms. The molecule has 2 unspecified atom stereocenters. The molecule has 23 heavy (non-hydrogen) atoms. The fourth-order valence-corrected chi connectivity index (χ4v) is 3.26. The molecule has 1 saturated heterocycles. The average molecular weight is 317 g/mol. The van der Waals surface area contributed by atoms with Crippen molar-refractivity contribution in [1.82, 2.24) is 15.1 Å². The molecular formula is C19H31N3O. The van der Waals surface area contributed by atoms with Crippen LogP contribution in [0, 0.1) is 5.92 Å². The third-order valence-electron chi connectivity index (χ3n) is 4.89. The van der Waals surface area contributed by atoms with E-state index >= 15 is 0 Å². The highest BCUT2D eigenvalue weighted by atomic mass is 16.2. The van der Waals surface area contributed by atoms with Gasteiger partial charge in [0, 0.05) is 12.6 Å². The van der Waals surface area contributed by atoms with Crippen LogP contribution in [0.15, 0.2) is 30.3 Å². The minimum Gasteiger partial charge on any atom is -0.353 e. The summed E-state index contributed by atoms with van der Waals surface area (Å²) in [4.78, 5) is 17.1. The van der Waals surface area contributed by atoms with Gasteiger partial charge in [-0.25, -0.2) is 0 Å². The summed E-state index contributed by atoms with van der Waals surface area (Å²) in [5, 5.41) is 3.15. The summed E-state index contributed by atoms with van der Waals surface area (Å²) in [6.07, 6.45) is 2.53. The van der Waals surface area contributed by atoms with Crippen LogP contribution in [0.4, 0.5) is 0 Å². The Kier molecular flexibility index (Phi) is 6.60. The van der Waals surface area contributed by atoms with Gasteiger partial charge in [0.05, 0.1) is 0 Å². The van der Waals surface area contributed by atoms with Crippen molar-refractivity contribution in [3.05, 3.63) is 35.9 Å². The Morgan fingerprint density at radius 1 is 1.26 bits per heavy atom. The highest BCUT2D eigenvalue weighted by molar-refractivity contribution is 5.83. The van der Waals surface area contributed by atoms with Gasteiger partial charge in [0.25, 0.3) is 0 Å². The number of nitrogens with one attached hydrogen (secondary N) is 1. The number of amides is 1. The van der Waals surface area contributed by atoms with Crippen LogP contribution in [0.2, 0.25) is 0 Å². The minimum absolute atomic E-state index is 0.0819. The third kappa shape index (κ3) is 5.05. The molecule has 1 aromatic rings. The van der Waals surface area contributed by atoms with Gasteiger partial charge >= 0.3 is 0 Å². The van der Waals surface area contributed by atoms with Gasteiger partial charge in [0.15, 0.2) is 0 Å². The molecule has 0 aromatic heterocycles. The van der Waals surface area contributed by atoms with Gasteiger partial charge in [-0.05, 0) is 58.4 Å². The molecule has 0 bridgehead atoms. The van der Waals surface area contributed by atoms with Crippen molar-refractivity contribution in [3.8, 4) is 0 Å². The molecule has 4 heteroatoms. The third-order valence-corrected chi connectivity index (χ3v) is 4.89. The topological polar surface area (TPSA) is 35.6 Å². The van der Waals surface area contributed by atoms with Crippen molar-refractivity contribution in [2.75, 3.05) is 33.7 Å². The number of likely N-dealkylation sites (N-methyl/N-ethyl adjacent to an activating group) is 1. The lowest BCUT2D eigenvalue weighted by Gasteiger charge is -2.35. The van der Waals surface area contributed by atoms with E-state index in [4.69, 9.17) is 0 Å². The predicted octanol–water partition coefficient (Wildman–Crippen LogP) is 2.53. The molecule has 1 amide bonds. The monoisotopic (exact) mass is 317 g/mol. The zero-order valence-corrected chi connectivity index (χ0v) is 15.0. The predicted molar refractivity (Wildman–Crippen MR) is 95.3 cm³/mol. The van der Waals surface area contributed by atoms with Crippen LogP contribution in [-0.4, -0.2) is 55.5 Å². The van der Waals surface area contributed by atoms with Crippen molar-refractivity contribution < 1.29 is 4.79 Å². The van der Waals surface area contributed by atoms with E-state index in [1.54, 1.807) is 0 Å². The first-order chi connectivity index (χ1) is 11.0. The Morgan fingerprint density at radius 2 is 1.87 bits per heavy atom. The molecule has 1 aromatic carbocycles. The SMILES string of the molecule is CC1CCN(C(C)CNC(=O)C(c2ccccc2)N(C)C)CC1. The van der Waals surface area contributed by atoms with Gasteiger partial charge in [-0.15, -0.1) is 0 Å². The minimum atomic E-state index is -0.232. The van der Waals surface area contributed by atoms with Gasteiger partial charge < -0.3 is 5.32 Å². The summed E-state index contributed by atoms with van der Waals surface area (Å²) in [7, 11) is 3.90. The second-order valence-electron chi connectivity index (χ2n) is 7.09. The van der Waals surface area contributed by atoms with Crippen LogP contribution in [0.3, 0.4) is 0 Å². The average Bonchev–Trinajstić information content (AvgIpc) is 2.54. The second-order valence-corrected chi connectivity index (χ2v) is 7.09. The Hall–Kier alpha value is -1.39. The van der Waals surface area contributed by atoms with Crippen molar-refractivity contribution in [1.29, 1.82) is 0 Å². The molecule has 2 rings (SSSR count). The molecule has 4 nitrogen and oxygen atoms in total. The molecule has 1 aliphatic heterocycles. The molecule has 1 fully saturated rings. The van der Waals surface area contributed by atoms with Crippen molar-refractivity contribution in [3.63, 3.8) is 0 Å². The maximum atomic E-state index is 12.7. The van der Waals surface area contributed by atoms with Crippen LogP contribution in [0.5, 0.6) is 0 Å². The van der Waals surface area contributed by atoms with E-state index in [1.165, 1.54) is 12.8 Å². The zero-order chi connectivity index (χ0) is 16.8. The van der Waals surface area contributed by atoms with Crippen LogP contribution in [-0.2, 0) is 4.79 Å². The number of benzene rings is 1. The van der Waals surface area contributed by atoms with Gasteiger partial charge in [0.1, 0.15) is 6.04 Å².